The average molecular weight is 259 g/mol. The van der Waals surface area contributed by atoms with Crippen molar-refractivity contribution >= 4 is 22.4 Å². The maximum Gasteiger partial charge on any atom is 0.213 e. The number of sulfonamides is 1. The summed E-state index contributed by atoms with van der Waals surface area (Å²) >= 11 is 0. The van der Waals surface area contributed by atoms with E-state index in [9.17, 15) is 8.42 Å². The quantitative estimate of drug-likeness (QED) is 0.775. The van der Waals surface area contributed by atoms with Crippen LogP contribution in [0.15, 0.2) is 0 Å². The summed E-state index contributed by atoms with van der Waals surface area (Å²) in [7, 11) is -1.44. The molecule has 0 rings (SSSR count). The third kappa shape index (κ3) is 6.35. The van der Waals surface area contributed by atoms with Gasteiger partial charge in [0.25, 0.3) is 0 Å². The van der Waals surface area contributed by atoms with Gasteiger partial charge in [0.1, 0.15) is 0 Å². The standard InChI is InChI=1S/C9H22N2O2S.ClH/c1-5-14(12,13)11(4)7-6-9(10)8(2)3;/h8-9H,5-7,10H2,1-4H3;1H. The summed E-state index contributed by atoms with van der Waals surface area (Å²) in [5.41, 5.74) is 5.83. The maximum atomic E-state index is 11.4. The van der Waals surface area contributed by atoms with E-state index in [1.54, 1.807) is 14.0 Å². The van der Waals surface area contributed by atoms with Crippen molar-refractivity contribution in [2.24, 2.45) is 11.7 Å². The molecule has 0 heterocycles. The minimum Gasteiger partial charge on any atom is -0.327 e. The third-order valence-corrected chi connectivity index (χ3v) is 4.34. The zero-order valence-corrected chi connectivity index (χ0v) is 11.6. The first-order valence-corrected chi connectivity index (χ1v) is 6.61. The summed E-state index contributed by atoms with van der Waals surface area (Å²) < 4.78 is 24.1. The van der Waals surface area contributed by atoms with Gasteiger partial charge >= 0.3 is 0 Å². The zero-order chi connectivity index (χ0) is 11.4. The second-order valence-electron chi connectivity index (χ2n) is 3.92. The molecule has 15 heavy (non-hydrogen) atoms. The Labute approximate surface area is 99.7 Å². The van der Waals surface area contributed by atoms with Crippen LogP contribution in [-0.4, -0.2) is 38.1 Å². The Balaban J connectivity index is 0. The average Bonchev–Trinajstić information content (AvgIpc) is 2.13. The van der Waals surface area contributed by atoms with Gasteiger partial charge in [0.2, 0.25) is 10.0 Å². The van der Waals surface area contributed by atoms with Crippen LogP contribution >= 0.6 is 12.4 Å². The molecule has 0 aliphatic carbocycles. The Kier molecular flexibility index (Phi) is 8.70. The van der Waals surface area contributed by atoms with Gasteiger partial charge in [0.05, 0.1) is 5.75 Å². The van der Waals surface area contributed by atoms with Gasteiger partial charge in [-0.25, -0.2) is 12.7 Å². The summed E-state index contributed by atoms with van der Waals surface area (Å²) in [6.45, 7) is 6.24. The van der Waals surface area contributed by atoms with Gasteiger partial charge in [0, 0.05) is 19.6 Å². The predicted octanol–water partition coefficient (Wildman–Crippen LogP) is 1.06. The minimum absolute atomic E-state index is 0. The van der Waals surface area contributed by atoms with E-state index >= 15 is 0 Å². The van der Waals surface area contributed by atoms with Crippen LogP contribution in [0.3, 0.4) is 0 Å². The van der Waals surface area contributed by atoms with Crippen LogP contribution in [0.5, 0.6) is 0 Å². The number of nitrogens with zero attached hydrogens (tertiary/aromatic N) is 1. The fraction of sp³-hybridized carbons (Fsp3) is 1.00. The number of halogens is 1. The van der Waals surface area contributed by atoms with Gasteiger partial charge < -0.3 is 5.73 Å². The molecule has 2 N–H and O–H groups in total. The van der Waals surface area contributed by atoms with Crippen LogP contribution in [-0.2, 0) is 10.0 Å². The summed E-state index contributed by atoms with van der Waals surface area (Å²) in [5, 5.41) is 0. The molecule has 0 aromatic heterocycles. The zero-order valence-electron chi connectivity index (χ0n) is 9.93. The lowest BCUT2D eigenvalue weighted by Gasteiger charge is -2.20. The van der Waals surface area contributed by atoms with Crippen molar-refractivity contribution in [2.75, 3.05) is 19.3 Å². The smallest absolute Gasteiger partial charge is 0.213 e. The van der Waals surface area contributed by atoms with Gasteiger partial charge in [-0.3, -0.25) is 0 Å². The van der Waals surface area contributed by atoms with Crippen LogP contribution in [0.25, 0.3) is 0 Å². The van der Waals surface area contributed by atoms with Crippen LogP contribution in [0, 0.1) is 5.92 Å². The highest BCUT2D eigenvalue weighted by molar-refractivity contribution is 7.89. The van der Waals surface area contributed by atoms with Gasteiger partial charge in [-0.1, -0.05) is 13.8 Å². The molecule has 0 spiro atoms. The third-order valence-electron chi connectivity index (χ3n) is 2.47. The summed E-state index contributed by atoms with van der Waals surface area (Å²) in [5.74, 6) is 0.549. The molecule has 0 saturated carbocycles. The Morgan fingerprint density at radius 3 is 2.13 bits per heavy atom. The van der Waals surface area contributed by atoms with Crippen molar-refractivity contribution < 1.29 is 8.42 Å². The van der Waals surface area contributed by atoms with Gasteiger partial charge in [0.15, 0.2) is 0 Å². The van der Waals surface area contributed by atoms with Crippen molar-refractivity contribution in [3.8, 4) is 0 Å². The normalized spacial score (nSPS) is 14.1. The number of nitrogens with two attached hydrogens (primary N) is 1. The van der Waals surface area contributed by atoms with Crippen LogP contribution in [0.4, 0.5) is 0 Å². The molecule has 0 fully saturated rings. The summed E-state index contributed by atoms with van der Waals surface area (Å²) in [6.07, 6.45) is 0.716. The molecule has 4 nitrogen and oxygen atoms in total. The van der Waals surface area contributed by atoms with E-state index in [0.29, 0.717) is 18.9 Å². The molecule has 0 aromatic rings. The molecule has 0 aliphatic rings. The lowest BCUT2D eigenvalue weighted by molar-refractivity contribution is 0.398. The largest absolute Gasteiger partial charge is 0.327 e. The van der Waals surface area contributed by atoms with Crippen LogP contribution < -0.4 is 5.73 Å². The van der Waals surface area contributed by atoms with E-state index in [0.717, 1.165) is 0 Å². The predicted molar refractivity (Wildman–Crippen MR) is 66.8 cm³/mol. The first-order chi connectivity index (χ1) is 6.31. The molecule has 6 heteroatoms. The fourth-order valence-electron chi connectivity index (χ4n) is 1.02. The van der Waals surface area contributed by atoms with E-state index < -0.39 is 10.0 Å². The SMILES string of the molecule is CCS(=O)(=O)N(C)CCC(N)C(C)C.Cl. The van der Waals surface area contributed by atoms with Gasteiger partial charge in [-0.05, 0) is 19.3 Å². The van der Waals surface area contributed by atoms with E-state index in [2.05, 4.69) is 0 Å². The molecule has 0 radical (unpaired) electrons. The highest BCUT2D eigenvalue weighted by Crippen LogP contribution is 2.06. The summed E-state index contributed by atoms with van der Waals surface area (Å²) in [4.78, 5) is 0. The molecule has 0 amide bonds. The second-order valence-corrected chi connectivity index (χ2v) is 6.28. The molecule has 94 valence electrons. The molecule has 0 saturated heterocycles. The Morgan fingerprint density at radius 1 is 1.33 bits per heavy atom. The van der Waals surface area contributed by atoms with Gasteiger partial charge in [-0.15, -0.1) is 12.4 Å². The van der Waals surface area contributed by atoms with E-state index in [1.807, 2.05) is 13.8 Å². The van der Waals surface area contributed by atoms with Crippen molar-refractivity contribution in [1.29, 1.82) is 0 Å². The first-order valence-electron chi connectivity index (χ1n) is 5.00. The highest BCUT2D eigenvalue weighted by atomic mass is 35.5. The lowest BCUT2D eigenvalue weighted by atomic mass is 10.0. The van der Waals surface area contributed by atoms with Crippen molar-refractivity contribution in [2.45, 2.75) is 33.2 Å². The van der Waals surface area contributed by atoms with Crippen LogP contribution in [0.1, 0.15) is 27.2 Å². The van der Waals surface area contributed by atoms with Crippen molar-refractivity contribution in [3.63, 3.8) is 0 Å². The summed E-state index contributed by atoms with van der Waals surface area (Å²) in [6, 6.07) is 0.0736. The topological polar surface area (TPSA) is 63.4 Å². The molecule has 1 atom stereocenters. The molecular weight excluding hydrogens is 236 g/mol. The van der Waals surface area contributed by atoms with E-state index in [4.69, 9.17) is 5.73 Å². The molecular formula is C9H23ClN2O2S. The highest BCUT2D eigenvalue weighted by Gasteiger charge is 2.16. The van der Waals surface area contributed by atoms with Crippen LogP contribution in [0.2, 0.25) is 0 Å². The second kappa shape index (κ2) is 7.44. The molecule has 1 unspecified atom stereocenters. The molecule has 0 bridgehead atoms. The number of rotatable bonds is 6. The van der Waals surface area contributed by atoms with Crippen molar-refractivity contribution in [1.82, 2.24) is 4.31 Å². The number of hydrogen-bond donors (Lipinski definition) is 1. The lowest BCUT2D eigenvalue weighted by Crippen LogP contribution is -2.35. The number of hydrogen-bond acceptors (Lipinski definition) is 3. The first kappa shape index (κ1) is 17.6. The molecule has 0 aromatic carbocycles. The maximum absolute atomic E-state index is 11.4. The molecule has 0 aliphatic heterocycles. The minimum atomic E-state index is -3.04. The van der Waals surface area contributed by atoms with E-state index in [-0.39, 0.29) is 24.2 Å². The van der Waals surface area contributed by atoms with Crippen molar-refractivity contribution in [3.05, 3.63) is 0 Å². The van der Waals surface area contributed by atoms with Gasteiger partial charge in [-0.2, -0.15) is 0 Å². The van der Waals surface area contributed by atoms with E-state index in [1.165, 1.54) is 4.31 Å². The Bertz CT molecular complexity index is 255. The monoisotopic (exact) mass is 258 g/mol. The Morgan fingerprint density at radius 2 is 1.80 bits per heavy atom. The fourth-order valence-corrected chi connectivity index (χ4v) is 1.85. The Hall–Kier alpha value is 0.160.